The Hall–Kier alpha value is -2.93. The zero-order chi connectivity index (χ0) is 22.9. The fraction of sp³-hybridized carbons (Fsp3) is 0.200. The van der Waals surface area contributed by atoms with Gasteiger partial charge in [-0.05, 0) is 30.2 Å². The van der Waals surface area contributed by atoms with Gasteiger partial charge in [0, 0.05) is 12.1 Å². The van der Waals surface area contributed by atoms with Crippen LogP contribution in [0.3, 0.4) is 0 Å². The second kappa shape index (κ2) is 8.90. The highest BCUT2D eigenvalue weighted by molar-refractivity contribution is 7.89. The number of carbonyl (C=O) groups excluding carboxylic acids is 1. The molecule has 0 radical (unpaired) electrons. The molecule has 166 valence electrons. The summed E-state index contributed by atoms with van der Waals surface area (Å²) in [7, 11) is -3.62. The van der Waals surface area contributed by atoms with Crippen molar-refractivity contribution >= 4 is 54.0 Å². The minimum atomic E-state index is -3.62. The van der Waals surface area contributed by atoms with Crippen LogP contribution in [0.5, 0.6) is 0 Å². The first kappa shape index (κ1) is 22.3. The van der Waals surface area contributed by atoms with Crippen LogP contribution in [0.15, 0.2) is 42.5 Å². The molecule has 2 heterocycles. The van der Waals surface area contributed by atoms with Crippen molar-refractivity contribution in [1.29, 1.82) is 0 Å². The molecule has 1 unspecified atom stereocenters. The molecule has 0 saturated carbocycles. The Morgan fingerprint density at radius 3 is 2.41 bits per heavy atom. The normalized spacial score (nSPS) is 12.7. The van der Waals surface area contributed by atoms with Gasteiger partial charge < -0.3 is 11.1 Å². The van der Waals surface area contributed by atoms with Crippen molar-refractivity contribution in [3.8, 4) is 21.7 Å². The molecule has 0 bridgehead atoms. The summed E-state index contributed by atoms with van der Waals surface area (Å²) in [5, 5.41) is 17.3. The number of hydrogen-bond acceptors (Lipinski definition) is 9. The van der Waals surface area contributed by atoms with E-state index in [0.717, 1.165) is 31.9 Å². The number of primary sulfonamides is 1. The molecule has 1 amide bonds. The number of nitrogens with zero attached hydrogens (tertiary/aromatic N) is 3. The van der Waals surface area contributed by atoms with Crippen LogP contribution in [0.25, 0.3) is 31.9 Å². The predicted octanol–water partition coefficient (Wildman–Crippen LogP) is 2.57. The molecular weight excluding hydrogens is 468 g/mol. The minimum Gasteiger partial charge on any atom is -0.374 e. The number of hydrogen-bond donors (Lipinski definition) is 3. The average molecular weight is 489 g/mol. The Morgan fingerprint density at radius 2 is 1.75 bits per heavy atom. The van der Waals surface area contributed by atoms with E-state index in [9.17, 15) is 13.2 Å². The Kier molecular flexibility index (Phi) is 6.20. The maximum absolute atomic E-state index is 12.3. The first-order valence-electron chi connectivity index (χ1n) is 9.58. The van der Waals surface area contributed by atoms with E-state index in [2.05, 4.69) is 20.5 Å². The van der Waals surface area contributed by atoms with Gasteiger partial charge in [0.05, 0.1) is 21.9 Å². The van der Waals surface area contributed by atoms with Gasteiger partial charge in [-0.1, -0.05) is 41.7 Å². The quantitative estimate of drug-likeness (QED) is 0.361. The van der Waals surface area contributed by atoms with Crippen LogP contribution in [-0.2, 0) is 14.8 Å². The highest BCUT2D eigenvalue weighted by Crippen LogP contribution is 2.32. The smallest absolute Gasteiger partial charge is 0.229 e. The predicted molar refractivity (Wildman–Crippen MR) is 128 cm³/mol. The van der Waals surface area contributed by atoms with Gasteiger partial charge in [-0.2, -0.15) is 0 Å². The fourth-order valence-electron chi connectivity index (χ4n) is 3.05. The van der Waals surface area contributed by atoms with Gasteiger partial charge >= 0.3 is 0 Å². The molecule has 9 nitrogen and oxygen atoms in total. The summed E-state index contributed by atoms with van der Waals surface area (Å²) in [6.07, 6.45) is 0. The van der Waals surface area contributed by atoms with Gasteiger partial charge in [0.2, 0.25) is 21.1 Å². The van der Waals surface area contributed by atoms with E-state index < -0.39 is 15.9 Å². The van der Waals surface area contributed by atoms with Gasteiger partial charge in [-0.15, -0.1) is 21.5 Å². The van der Waals surface area contributed by atoms with E-state index in [4.69, 9.17) is 10.9 Å². The van der Waals surface area contributed by atoms with Crippen molar-refractivity contribution < 1.29 is 13.2 Å². The third-order valence-electron chi connectivity index (χ3n) is 4.76. The topological polar surface area (TPSA) is 154 Å². The van der Waals surface area contributed by atoms with Crippen LogP contribution < -0.4 is 16.2 Å². The molecule has 0 aliphatic rings. The van der Waals surface area contributed by atoms with Crippen molar-refractivity contribution in [3.63, 3.8) is 0 Å². The third-order valence-corrected chi connectivity index (χ3v) is 7.54. The van der Waals surface area contributed by atoms with E-state index in [0.29, 0.717) is 10.1 Å². The highest BCUT2D eigenvalue weighted by Gasteiger charge is 2.20. The van der Waals surface area contributed by atoms with E-state index >= 15 is 0 Å². The van der Waals surface area contributed by atoms with Crippen LogP contribution in [0.4, 0.5) is 5.13 Å². The maximum atomic E-state index is 12.3. The maximum Gasteiger partial charge on any atom is 0.229 e. The van der Waals surface area contributed by atoms with E-state index in [-0.39, 0.29) is 18.2 Å². The highest BCUT2D eigenvalue weighted by atomic mass is 32.2. The van der Waals surface area contributed by atoms with Crippen LogP contribution in [-0.4, -0.2) is 41.8 Å². The van der Waals surface area contributed by atoms with Crippen LogP contribution in [0, 0.1) is 0 Å². The Labute approximate surface area is 192 Å². The summed E-state index contributed by atoms with van der Waals surface area (Å²) in [6, 6.07) is 13.9. The van der Waals surface area contributed by atoms with Gasteiger partial charge in [0.1, 0.15) is 10.0 Å². The first-order chi connectivity index (χ1) is 15.2. The Bertz CT molecular complexity index is 1380. The summed E-state index contributed by atoms with van der Waals surface area (Å²) in [6.45, 7) is 1.71. The monoisotopic (exact) mass is 488 g/mol. The molecule has 4 aromatic rings. The fourth-order valence-corrected chi connectivity index (χ4v) is 5.10. The standard InChI is InChI=1S/C20H20N6O3S3/c1-11(17(27)23-8-9-32(22,28)29)18-24-15-7-6-14(10-16(15)30-18)12-2-4-13(5-3-12)19-25-26-20(21)31-19/h2-7,10-11H,8-9H2,1H3,(H2,21,26)(H,23,27)(H2,22,28,29). The SMILES string of the molecule is CC(C(=O)NCCS(N)(=O)=O)c1nc2ccc(-c3ccc(-c4nnc(N)s4)cc3)cc2s1. The number of aromatic nitrogens is 3. The van der Waals surface area contributed by atoms with E-state index in [1.54, 1.807) is 6.92 Å². The van der Waals surface area contributed by atoms with Crippen molar-refractivity contribution in [2.45, 2.75) is 12.8 Å². The Balaban J connectivity index is 1.51. The van der Waals surface area contributed by atoms with Crippen molar-refractivity contribution in [1.82, 2.24) is 20.5 Å². The largest absolute Gasteiger partial charge is 0.374 e. The molecular formula is C20H20N6O3S3. The molecule has 0 saturated heterocycles. The molecule has 5 N–H and O–H groups in total. The van der Waals surface area contributed by atoms with Gasteiger partial charge in [-0.25, -0.2) is 18.5 Å². The number of thiazole rings is 1. The number of benzene rings is 2. The van der Waals surface area contributed by atoms with Crippen molar-refractivity contribution in [2.75, 3.05) is 18.0 Å². The van der Waals surface area contributed by atoms with E-state index in [1.165, 1.54) is 22.7 Å². The molecule has 0 fully saturated rings. The molecule has 2 aromatic heterocycles. The molecule has 0 aliphatic carbocycles. The van der Waals surface area contributed by atoms with Crippen molar-refractivity contribution in [3.05, 3.63) is 47.5 Å². The van der Waals surface area contributed by atoms with Crippen LogP contribution in [0.2, 0.25) is 0 Å². The average Bonchev–Trinajstić information content (AvgIpc) is 3.38. The molecule has 1 atom stereocenters. The summed E-state index contributed by atoms with van der Waals surface area (Å²) in [4.78, 5) is 16.9. The lowest BCUT2D eigenvalue weighted by Gasteiger charge is -2.08. The molecule has 0 spiro atoms. The molecule has 2 aromatic carbocycles. The molecule has 32 heavy (non-hydrogen) atoms. The summed E-state index contributed by atoms with van der Waals surface area (Å²) in [5.41, 5.74) is 9.48. The minimum absolute atomic E-state index is 0.0311. The number of sulfonamides is 1. The number of amides is 1. The lowest BCUT2D eigenvalue weighted by Crippen LogP contribution is -2.33. The van der Waals surface area contributed by atoms with Crippen LogP contribution >= 0.6 is 22.7 Å². The third kappa shape index (κ3) is 5.10. The number of carbonyl (C=O) groups is 1. The van der Waals surface area contributed by atoms with E-state index in [1.807, 2.05) is 42.5 Å². The summed E-state index contributed by atoms with van der Waals surface area (Å²) < 4.78 is 23.0. The molecule has 0 aliphatic heterocycles. The van der Waals surface area contributed by atoms with Gasteiger partial charge in [0.25, 0.3) is 0 Å². The lowest BCUT2D eigenvalue weighted by molar-refractivity contribution is -0.122. The summed E-state index contributed by atoms with van der Waals surface area (Å²) in [5.74, 6) is -1.10. The second-order valence-electron chi connectivity index (χ2n) is 7.14. The number of rotatable bonds is 7. The number of fused-ring (bicyclic) bond motifs is 1. The lowest BCUT2D eigenvalue weighted by atomic mass is 10.0. The Morgan fingerprint density at radius 1 is 1.06 bits per heavy atom. The number of nitrogens with two attached hydrogens (primary N) is 2. The van der Waals surface area contributed by atoms with Crippen LogP contribution in [0.1, 0.15) is 17.8 Å². The van der Waals surface area contributed by atoms with Gasteiger partial charge in [-0.3, -0.25) is 4.79 Å². The number of nitrogen functional groups attached to an aromatic ring is 1. The zero-order valence-electron chi connectivity index (χ0n) is 17.0. The van der Waals surface area contributed by atoms with Gasteiger partial charge in [0.15, 0.2) is 0 Å². The van der Waals surface area contributed by atoms with Crippen molar-refractivity contribution in [2.24, 2.45) is 5.14 Å². The first-order valence-corrected chi connectivity index (χ1v) is 12.9. The second-order valence-corrected chi connectivity index (χ2v) is 10.9. The number of anilines is 1. The number of nitrogens with one attached hydrogen (secondary N) is 1. The zero-order valence-corrected chi connectivity index (χ0v) is 19.4. The summed E-state index contributed by atoms with van der Waals surface area (Å²) >= 11 is 2.78. The molecule has 4 rings (SSSR count). The molecule has 12 heteroatoms.